The zero-order chi connectivity index (χ0) is 13.1. The molecule has 0 spiro atoms. The molecule has 0 heterocycles. The van der Waals surface area contributed by atoms with Gasteiger partial charge in [-0.25, -0.2) is 0 Å². The van der Waals surface area contributed by atoms with Crippen molar-refractivity contribution in [3.63, 3.8) is 0 Å². The van der Waals surface area contributed by atoms with E-state index >= 15 is 0 Å². The summed E-state index contributed by atoms with van der Waals surface area (Å²) < 4.78 is 0. The highest BCUT2D eigenvalue weighted by molar-refractivity contribution is 6.30. The third kappa shape index (κ3) is 3.07. The molecule has 100 valence electrons. The molecule has 0 saturated heterocycles. The molecule has 0 radical (unpaired) electrons. The minimum atomic E-state index is 0.619. The van der Waals surface area contributed by atoms with E-state index in [1.165, 1.54) is 24.8 Å². The van der Waals surface area contributed by atoms with E-state index in [4.69, 9.17) is 17.3 Å². The van der Waals surface area contributed by atoms with Crippen molar-refractivity contribution in [2.75, 3.05) is 6.54 Å². The Morgan fingerprint density at radius 1 is 1.22 bits per heavy atom. The van der Waals surface area contributed by atoms with Crippen LogP contribution in [-0.2, 0) is 0 Å². The average Bonchev–Trinajstić information content (AvgIpc) is 2.39. The summed E-state index contributed by atoms with van der Waals surface area (Å²) in [7, 11) is 0. The number of nitrogens with two attached hydrogens (primary N) is 1. The van der Waals surface area contributed by atoms with Crippen molar-refractivity contribution in [2.24, 2.45) is 23.5 Å². The van der Waals surface area contributed by atoms with Gasteiger partial charge in [-0.2, -0.15) is 0 Å². The van der Waals surface area contributed by atoms with Gasteiger partial charge in [0.1, 0.15) is 0 Å². The van der Waals surface area contributed by atoms with Gasteiger partial charge in [0.05, 0.1) is 0 Å². The first kappa shape index (κ1) is 13.9. The Labute approximate surface area is 116 Å². The molecule has 1 fully saturated rings. The highest BCUT2D eigenvalue weighted by atomic mass is 35.5. The number of rotatable bonds is 3. The SMILES string of the molecule is CC(C)C1CCC(CN)C(c2ccc(Cl)cc2)C1. The molecule has 3 atom stereocenters. The van der Waals surface area contributed by atoms with Gasteiger partial charge in [-0.05, 0) is 67.2 Å². The maximum absolute atomic E-state index is 5.98. The molecule has 1 aliphatic carbocycles. The summed E-state index contributed by atoms with van der Waals surface area (Å²) in [5, 5.41) is 0.819. The van der Waals surface area contributed by atoms with E-state index in [-0.39, 0.29) is 0 Å². The first-order chi connectivity index (χ1) is 8.61. The maximum Gasteiger partial charge on any atom is 0.0406 e. The van der Waals surface area contributed by atoms with Crippen LogP contribution < -0.4 is 5.73 Å². The zero-order valence-electron chi connectivity index (χ0n) is 11.4. The second-order valence-corrected chi connectivity index (χ2v) is 6.41. The van der Waals surface area contributed by atoms with Gasteiger partial charge < -0.3 is 5.73 Å². The molecule has 0 amide bonds. The molecule has 0 aromatic heterocycles. The number of benzene rings is 1. The fraction of sp³-hybridized carbons (Fsp3) is 0.625. The maximum atomic E-state index is 5.98. The topological polar surface area (TPSA) is 26.0 Å². The summed E-state index contributed by atoms with van der Waals surface area (Å²) in [4.78, 5) is 0. The van der Waals surface area contributed by atoms with E-state index in [0.29, 0.717) is 11.8 Å². The minimum absolute atomic E-state index is 0.619. The van der Waals surface area contributed by atoms with E-state index in [1.54, 1.807) is 0 Å². The number of hydrogen-bond donors (Lipinski definition) is 1. The minimum Gasteiger partial charge on any atom is -0.330 e. The van der Waals surface area contributed by atoms with E-state index < -0.39 is 0 Å². The Morgan fingerprint density at radius 2 is 1.89 bits per heavy atom. The van der Waals surface area contributed by atoms with Gasteiger partial charge in [0.15, 0.2) is 0 Å². The molecule has 1 aliphatic rings. The van der Waals surface area contributed by atoms with Crippen molar-refractivity contribution in [3.05, 3.63) is 34.9 Å². The van der Waals surface area contributed by atoms with Crippen LogP contribution in [0.25, 0.3) is 0 Å². The lowest BCUT2D eigenvalue weighted by Crippen LogP contribution is -2.30. The predicted molar refractivity (Wildman–Crippen MR) is 78.9 cm³/mol. The van der Waals surface area contributed by atoms with Crippen molar-refractivity contribution in [3.8, 4) is 0 Å². The Hall–Kier alpha value is -0.530. The van der Waals surface area contributed by atoms with Crippen LogP contribution in [0.4, 0.5) is 0 Å². The second kappa shape index (κ2) is 6.08. The first-order valence-electron chi connectivity index (χ1n) is 7.07. The van der Waals surface area contributed by atoms with Crippen molar-refractivity contribution in [1.29, 1.82) is 0 Å². The molecule has 0 aliphatic heterocycles. The van der Waals surface area contributed by atoms with Gasteiger partial charge in [0.25, 0.3) is 0 Å². The van der Waals surface area contributed by atoms with E-state index in [1.807, 2.05) is 12.1 Å². The molecule has 18 heavy (non-hydrogen) atoms. The molecular formula is C16H24ClN. The van der Waals surface area contributed by atoms with E-state index in [2.05, 4.69) is 26.0 Å². The fourth-order valence-corrected chi connectivity index (χ4v) is 3.40. The Kier molecular flexibility index (Phi) is 4.69. The second-order valence-electron chi connectivity index (χ2n) is 5.97. The van der Waals surface area contributed by atoms with Gasteiger partial charge in [-0.1, -0.05) is 37.6 Å². The zero-order valence-corrected chi connectivity index (χ0v) is 12.2. The number of halogens is 1. The monoisotopic (exact) mass is 265 g/mol. The number of hydrogen-bond acceptors (Lipinski definition) is 1. The normalized spacial score (nSPS) is 28.6. The van der Waals surface area contributed by atoms with Gasteiger partial charge in [-0.3, -0.25) is 0 Å². The smallest absolute Gasteiger partial charge is 0.0406 e. The standard InChI is InChI=1S/C16H24ClN/c1-11(2)13-3-4-14(10-18)16(9-13)12-5-7-15(17)8-6-12/h5-8,11,13-14,16H,3-4,9-10,18H2,1-2H3. The van der Waals surface area contributed by atoms with Crippen molar-refractivity contribution in [1.82, 2.24) is 0 Å². The van der Waals surface area contributed by atoms with Gasteiger partial charge in [-0.15, -0.1) is 0 Å². The lowest BCUT2D eigenvalue weighted by molar-refractivity contribution is 0.197. The summed E-state index contributed by atoms with van der Waals surface area (Å²) in [5.41, 5.74) is 7.37. The largest absolute Gasteiger partial charge is 0.330 e. The molecule has 1 saturated carbocycles. The third-order valence-electron chi connectivity index (χ3n) is 4.58. The Balaban J connectivity index is 2.18. The molecule has 1 nitrogen and oxygen atoms in total. The lowest BCUT2D eigenvalue weighted by atomic mass is 9.68. The Bertz CT molecular complexity index is 371. The van der Waals surface area contributed by atoms with Gasteiger partial charge in [0.2, 0.25) is 0 Å². The van der Waals surface area contributed by atoms with Crippen LogP contribution in [0.15, 0.2) is 24.3 Å². The van der Waals surface area contributed by atoms with Crippen molar-refractivity contribution >= 4 is 11.6 Å². The van der Waals surface area contributed by atoms with Crippen LogP contribution in [0, 0.1) is 17.8 Å². The summed E-state index contributed by atoms with van der Waals surface area (Å²) >= 11 is 5.98. The van der Waals surface area contributed by atoms with Crippen molar-refractivity contribution < 1.29 is 0 Å². The van der Waals surface area contributed by atoms with Gasteiger partial charge in [0, 0.05) is 5.02 Å². The molecule has 1 aromatic carbocycles. The van der Waals surface area contributed by atoms with Crippen LogP contribution in [-0.4, -0.2) is 6.54 Å². The van der Waals surface area contributed by atoms with Crippen molar-refractivity contribution in [2.45, 2.75) is 39.0 Å². The summed E-state index contributed by atoms with van der Waals surface area (Å²) in [6, 6.07) is 8.36. The predicted octanol–water partition coefficient (Wildman–Crippen LogP) is 4.45. The summed E-state index contributed by atoms with van der Waals surface area (Å²) in [6.45, 7) is 5.48. The third-order valence-corrected chi connectivity index (χ3v) is 4.83. The summed E-state index contributed by atoms with van der Waals surface area (Å²) in [5.74, 6) is 2.88. The van der Waals surface area contributed by atoms with Crippen LogP contribution in [0.1, 0.15) is 44.6 Å². The molecule has 2 N–H and O–H groups in total. The highest BCUT2D eigenvalue weighted by Crippen LogP contribution is 2.42. The lowest BCUT2D eigenvalue weighted by Gasteiger charge is -2.37. The summed E-state index contributed by atoms with van der Waals surface area (Å²) in [6.07, 6.45) is 3.89. The van der Waals surface area contributed by atoms with E-state index in [9.17, 15) is 0 Å². The van der Waals surface area contributed by atoms with Crippen LogP contribution in [0.5, 0.6) is 0 Å². The van der Waals surface area contributed by atoms with E-state index in [0.717, 1.165) is 23.4 Å². The van der Waals surface area contributed by atoms with Crippen LogP contribution >= 0.6 is 11.6 Å². The quantitative estimate of drug-likeness (QED) is 0.858. The fourth-order valence-electron chi connectivity index (χ4n) is 3.27. The average molecular weight is 266 g/mol. The molecule has 2 rings (SSSR count). The molecule has 3 unspecified atom stereocenters. The molecule has 1 aromatic rings. The van der Waals surface area contributed by atoms with Crippen LogP contribution in [0.3, 0.4) is 0 Å². The van der Waals surface area contributed by atoms with Gasteiger partial charge >= 0.3 is 0 Å². The highest BCUT2D eigenvalue weighted by Gasteiger charge is 2.31. The molecular weight excluding hydrogens is 242 g/mol. The molecule has 2 heteroatoms. The Morgan fingerprint density at radius 3 is 2.44 bits per heavy atom. The first-order valence-corrected chi connectivity index (χ1v) is 7.45. The molecule has 0 bridgehead atoms. The van der Waals surface area contributed by atoms with Crippen LogP contribution in [0.2, 0.25) is 5.02 Å².